The van der Waals surface area contributed by atoms with E-state index in [0.29, 0.717) is 0 Å². The summed E-state index contributed by atoms with van der Waals surface area (Å²) in [5, 5.41) is 0. The van der Waals surface area contributed by atoms with Gasteiger partial charge < -0.3 is 4.74 Å². The minimum atomic E-state index is -0.243. The molecule has 0 radical (unpaired) electrons. The smallest absolute Gasteiger partial charge is 0.303 e. The molecular weight excluding hydrogens is 220 g/mol. The van der Waals surface area contributed by atoms with Crippen molar-refractivity contribution in [1.29, 1.82) is 0 Å². The molecule has 0 amide bonds. The van der Waals surface area contributed by atoms with Crippen LogP contribution in [-0.2, 0) is 9.53 Å². The minimum Gasteiger partial charge on any atom is -0.451 e. The lowest BCUT2D eigenvalue weighted by molar-refractivity contribution is -0.141. The van der Waals surface area contributed by atoms with Crippen molar-refractivity contribution in [3.05, 3.63) is 34.8 Å². The Labute approximate surface area is 102 Å². The SMILES string of the molecule is CC(=O)OC(C)S/C(C)=C/C=C\C=C(C)C. The van der Waals surface area contributed by atoms with Gasteiger partial charge in [-0.2, -0.15) is 0 Å². The van der Waals surface area contributed by atoms with Crippen molar-refractivity contribution in [2.45, 2.75) is 40.1 Å². The largest absolute Gasteiger partial charge is 0.451 e. The number of hydrogen-bond donors (Lipinski definition) is 0. The zero-order valence-corrected chi connectivity index (χ0v) is 11.4. The molecule has 0 heterocycles. The fourth-order valence-electron chi connectivity index (χ4n) is 0.998. The first kappa shape index (κ1) is 15.0. The summed E-state index contributed by atoms with van der Waals surface area (Å²) in [4.78, 5) is 11.8. The minimum absolute atomic E-state index is 0.134. The molecule has 0 rings (SSSR count). The van der Waals surface area contributed by atoms with Crippen molar-refractivity contribution in [1.82, 2.24) is 0 Å². The van der Waals surface area contributed by atoms with Gasteiger partial charge in [0.25, 0.3) is 0 Å². The van der Waals surface area contributed by atoms with E-state index in [1.807, 2.05) is 38.2 Å². The summed E-state index contributed by atoms with van der Waals surface area (Å²) in [6.45, 7) is 9.39. The summed E-state index contributed by atoms with van der Waals surface area (Å²) < 4.78 is 5.01. The van der Waals surface area contributed by atoms with Gasteiger partial charge >= 0.3 is 5.97 Å². The maximum absolute atomic E-state index is 10.7. The summed E-state index contributed by atoms with van der Waals surface area (Å²) in [7, 11) is 0. The van der Waals surface area contributed by atoms with Gasteiger partial charge in [-0.25, -0.2) is 0 Å². The molecule has 1 atom stereocenters. The number of allylic oxidation sites excluding steroid dienone is 6. The average Bonchev–Trinajstić information content (AvgIpc) is 2.10. The molecule has 0 aliphatic rings. The van der Waals surface area contributed by atoms with Crippen molar-refractivity contribution in [2.75, 3.05) is 0 Å². The Hall–Kier alpha value is -0.960. The van der Waals surface area contributed by atoms with Crippen LogP contribution < -0.4 is 0 Å². The Morgan fingerprint density at radius 3 is 2.19 bits per heavy atom. The van der Waals surface area contributed by atoms with Gasteiger partial charge in [0.2, 0.25) is 0 Å². The predicted octanol–water partition coefficient (Wildman–Crippen LogP) is 4.05. The topological polar surface area (TPSA) is 26.3 Å². The van der Waals surface area contributed by atoms with Crippen LogP contribution in [0.25, 0.3) is 0 Å². The van der Waals surface area contributed by atoms with Crippen LogP contribution >= 0.6 is 11.8 Å². The third-order valence-electron chi connectivity index (χ3n) is 1.56. The number of thioether (sulfide) groups is 1. The van der Waals surface area contributed by atoms with E-state index in [0.717, 1.165) is 4.91 Å². The first-order chi connectivity index (χ1) is 7.41. The van der Waals surface area contributed by atoms with Gasteiger partial charge in [-0.05, 0) is 32.6 Å². The number of ether oxygens (including phenoxy) is 1. The van der Waals surface area contributed by atoms with Crippen LogP contribution in [-0.4, -0.2) is 11.4 Å². The Morgan fingerprint density at radius 2 is 1.69 bits per heavy atom. The summed E-state index contributed by atoms with van der Waals surface area (Å²) in [6.07, 6.45) is 8.03. The molecule has 0 aliphatic heterocycles. The van der Waals surface area contributed by atoms with Crippen molar-refractivity contribution >= 4 is 17.7 Å². The first-order valence-corrected chi connectivity index (χ1v) is 6.12. The van der Waals surface area contributed by atoms with Gasteiger partial charge in [-0.1, -0.05) is 41.6 Å². The van der Waals surface area contributed by atoms with Crippen molar-refractivity contribution < 1.29 is 9.53 Å². The quantitative estimate of drug-likeness (QED) is 0.412. The number of carbonyl (C=O) groups is 1. The van der Waals surface area contributed by atoms with E-state index in [-0.39, 0.29) is 11.4 Å². The van der Waals surface area contributed by atoms with Crippen LogP contribution in [0.15, 0.2) is 34.8 Å². The Balaban J connectivity index is 4.09. The molecule has 1 unspecified atom stereocenters. The van der Waals surface area contributed by atoms with E-state index in [1.54, 1.807) is 0 Å². The Morgan fingerprint density at radius 1 is 1.12 bits per heavy atom. The van der Waals surface area contributed by atoms with Crippen LogP contribution in [0.5, 0.6) is 0 Å². The monoisotopic (exact) mass is 240 g/mol. The molecule has 90 valence electrons. The molecule has 0 aromatic rings. The van der Waals surface area contributed by atoms with Gasteiger partial charge in [0, 0.05) is 6.92 Å². The van der Waals surface area contributed by atoms with Crippen LogP contribution in [0, 0.1) is 0 Å². The summed E-state index contributed by atoms with van der Waals surface area (Å²) in [5.74, 6) is -0.243. The van der Waals surface area contributed by atoms with E-state index in [4.69, 9.17) is 4.74 Å². The number of esters is 1. The molecule has 0 N–H and O–H groups in total. The van der Waals surface area contributed by atoms with Crippen molar-refractivity contribution in [3.63, 3.8) is 0 Å². The molecule has 0 aromatic heterocycles. The van der Waals surface area contributed by atoms with Gasteiger partial charge in [-0.3, -0.25) is 4.79 Å². The lowest BCUT2D eigenvalue weighted by atomic mass is 10.3. The van der Waals surface area contributed by atoms with Crippen molar-refractivity contribution in [2.24, 2.45) is 0 Å². The van der Waals surface area contributed by atoms with Crippen LogP contribution in [0.2, 0.25) is 0 Å². The lowest BCUT2D eigenvalue weighted by Crippen LogP contribution is -2.07. The number of carbonyl (C=O) groups excluding carboxylic acids is 1. The molecular formula is C13H20O2S. The average molecular weight is 240 g/mol. The van der Waals surface area contributed by atoms with E-state index in [1.165, 1.54) is 24.3 Å². The zero-order chi connectivity index (χ0) is 12.6. The zero-order valence-electron chi connectivity index (χ0n) is 10.6. The predicted molar refractivity (Wildman–Crippen MR) is 71.1 cm³/mol. The summed E-state index contributed by atoms with van der Waals surface area (Å²) in [5.41, 5.74) is 1.13. The second-order valence-corrected chi connectivity index (χ2v) is 5.24. The van der Waals surface area contributed by atoms with Gasteiger partial charge in [-0.15, -0.1) is 0 Å². The Kier molecular flexibility index (Phi) is 7.73. The standard InChI is InChI=1S/C13H20O2S/c1-10(2)8-6-7-9-11(3)16-13(5)15-12(4)14/h6-9,13H,1-5H3/b7-6-,11-9+. The van der Waals surface area contributed by atoms with Crippen LogP contribution in [0.4, 0.5) is 0 Å². The first-order valence-electron chi connectivity index (χ1n) is 5.24. The molecule has 0 fully saturated rings. The molecule has 0 saturated carbocycles. The third kappa shape index (κ3) is 9.59. The highest BCUT2D eigenvalue weighted by atomic mass is 32.2. The molecule has 0 aliphatic carbocycles. The molecule has 16 heavy (non-hydrogen) atoms. The highest BCUT2D eigenvalue weighted by Gasteiger charge is 2.05. The maximum Gasteiger partial charge on any atom is 0.303 e. The lowest BCUT2D eigenvalue weighted by Gasteiger charge is -2.10. The van der Waals surface area contributed by atoms with Crippen LogP contribution in [0.3, 0.4) is 0 Å². The van der Waals surface area contributed by atoms with E-state index in [2.05, 4.69) is 13.8 Å². The van der Waals surface area contributed by atoms with E-state index < -0.39 is 0 Å². The maximum atomic E-state index is 10.7. The molecule has 2 nitrogen and oxygen atoms in total. The van der Waals surface area contributed by atoms with Gasteiger partial charge in [0.05, 0.1) is 0 Å². The van der Waals surface area contributed by atoms with E-state index >= 15 is 0 Å². The fraction of sp³-hybridized carbons (Fsp3) is 0.462. The summed E-state index contributed by atoms with van der Waals surface area (Å²) in [6, 6.07) is 0. The molecule has 0 spiro atoms. The fourth-order valence-corrected chi connectivity index (χ4v) is 1.86. The highest BCUT2D eigenvalue weighted by molar-refractivity contribution is 8.03. The van der Waals surface area contributed by atoms with Crippen LogP contribution in [0.1, 0.15) is 34.6 Å². The highest BCUT2D eigenvalue weighted by Crippen LogP contribution is 2.21. The third-order valence-corrected chi connectivity index (χ3v) is 2.49. The number of hydrogen-bond acceptors (Lipinski definition) is 3. The van der Waals surface area contributed by atoms with E-state index in [9.17, 15) is 4.79 Å². The molecule has 0 bridgehead atoms. The molecule has 0 aromatic carbocycles. The normalized spacial score (nSPS) is 13.7. The second kappa shape index (κ2) is 8.22. The molecule has 3 heteroatoms. The number of rotatable bonds is 5. The Bertz CT molecular complexity index is 310. The van der Waals surface area contributed by atoms with Crippen molar-refractivity contribution in [3.8, 4) is 0 Å². The van der Waals surface area contributed by atoms with Gasteiger partial charge in [0.15, 0.2) is 0 Å². The second-order valence-electron chi connectivity index (χ2n) is 3.70. The van der Waals surface area contributed by atoms with Gasteiger partial charge in [0.1, 0.15) is 5.44 Å². The molecule has 0 saturated heterocycles. The summed E-state index contributed by atoms with van der Waals surface area (Å²) >= 11 is 1.53.